The van der Waals surface area contributed by atoms with Crippen LogP contribution in [0.2, 0.25) is 0 Å². The third-order valence-corrected chi connectivity index (χ3v) is 11.6. The van der Waals surface area contributed by atoms with E-state index in [-0.39, 0.29) is 0 Å². The van der Waals surface area contributed by atoms with E-state index >= 15 is 0 Å². The van der Waals surface area contributed by atoms with Gasteiger partial charge in [0.15, 0.2) is 0 Å². The van der Waals surface area contributed by atoms with E-state index in [0.717, 1.165) is 21.9 Å². The quantitative estimate of drug-likeness (QED) is 0.132. The highest BCUT2D eigenvalue weighted by atomic mass is 16.3. The number of benzene rings is 11. The summed E-state index contributed by atoms with van der Waals surface area (Å²) in [5.74, 6) is 0. The van der Waals surface area contributed by atoms with Gasteiger partial charge in [-0.2, -0.15) is 0 Å². The maximum absolute atomic E-state index is 6.88. The minimum absolute atomic E-state index is 0.920. The van der Waals surface area contributed by atoms with Gasteiger partial charge in [-0.15, -0.1) is 0 Å². The maximum atomic E-state index is 6.88. The van der Waals surface area contributed by atoms with Crippen LogP contribution >= 0.6 is 0 Å². The molecule has 1 nitrogen and oxygen atoms in total. The Labute approximate surface area is 304 Å². The van der Waals surface area contributed by atoms with Gasteiger partial charge in [0.05, 0.1) is 0 Å². The summed E-state index contributed by atoms with van der Waals surface area (Å²) in [6, 6.07) is 66.7. The van der Waals surface area contributed by atoms with E-state index in [1.165, 1.54) is 97.7 Å². The molecule has 0 aliphatic carbocycles. The predicted octanol–water partition coefficient (Wildman–Crippen LogP) is 15.0. The van der Waals surface area contributed by atoms with Crippen LogP contribution in [0.3, 0.4) is 0 Å². The third-order valence-electron chi connectivity index (χ3n) is 11.6. The van der Waals surface area contributed by atoms with Crippen LogP contribution in [-0.4, -0.2) is 0 Å². The van der Waals surface area contributed by atoms with Gasteiger partial charge in [0, 0.05) is 16.2 Å². The van der Waals surface area contributed by atoms with Crippen molar-refractivity contribution < 1.29 is 4.42 Å². The standard InChI is InChI=1S/C52H30O/c1-2-14-31(15-3-1)49-39-21-9-11-23-41(39)50(42-24-12-10-22-40(42)49)32-26-27-37-44(28-32)35-18-4-5-19-36(35)45-29-47-48(30-46(37)45)53-52-43-25-13-7-17-34(43)33-16-6-8-20-38(33)51(47)52/h1-30H. The minimum Gasteiger partial charge on any atom is -0.455 e. The average Bonchev–Trinajstić information content (AvgIpc) is 3.61. The molecule has 1 heteroatoms. The molecule has 0 saturated heterocycles. The van der Waals surface area contributed by atoms with E-state index in [1.54, 1.807) is 0 Å². The maximum Gasteiger partial charge on any atom is 0.143 e. The van der Waals surface area contributed by atoms with Gasteiger partial charge in [0.25, 0.3) is 0 Å². The molecule has 0 saturated carbocycles. The zero-order chi connectivity index (χ0) is 34.6. The molecule has 1 heterocycles. The zero-order valence-corrected chi connectivity index (χ0v) is 28.7. The fraction of sp³-hybridized carbons (Fsp3) is 0. The van der Waals surface area contributed by atoms with Gasteiger partial charge in [0.1, 0.15) is 11.2 Å². The molecule has 11 aromatic carbocycles. The Bertz CT molecular complexity index is 3440. The van der Waals surface area contributed by atoms with E-state index in [0.29, 0.717) is 0 Å². The van der Waals surface area contributed by atoms with Crippen molar-refractivity contribution in [1.82, 2.24) is 0 Å². The minimum atomic E-state index is 0.920. The summed E-state index contributed by atoms with van der Waals surface area (Å²) in [6.45, 7) is 0. The van der Waals surface area contributed by atoms with Crippen LogP contribution in [0.5, 0.6) is 0 Å². The van der Waals surface area contributed by atoms with E-state index in [9.17, 15) is 0 Å². The summed E-state index contributed by atoms with van der Waals surface area (Å²) in [5.41, 5.74) is 6.89. The second-order valence-corrected chi connectivity index (χ2v) is 14.3. The lowest BCUT2D eigenvalue weighted by Crippen LogP contribution is -1.91. The summed E-state index contributed by atoms with van der Waals surface area (Å²) in [7, 11) is 0. The van der Waals surface area contributed by atoms with Crippen LogP contribution in [0, 0.1) is 0 Å². The second kappa shape index (κ2) is 10.8. The lowest BCUT2D eigenvalue weighted by atomic mass is 9.85. The molecule has 0 aliphatic rings. The smallest absolute Gasteiger partial charge is 0.143 e. The van der Waals surface area contributed by atoms with Crippen LogP contribution in [-0.2, 0) is 0 Å². The van der Waals surface area contributed by atoms with Crippen molar-refractivity contribution in [2.75, 3.05) is 0 Å². The normalized spacial score (nSPS) is 12.2. The number of hydrogen-bond donors (Lipinski definition) is 0. The predicted molar refractivity (Wildman–Crippen MR) is 227 cm³/mol. The number of furan rings is 1. The molecule has 244 valence electrons. The van der Waals surface area contributed by atoms with E-state index < -0.39 is 0 Å². The van der Waals surface area contributed by atoms with Crippen LogP contribution in [0.25, 0.3) is 120 Å². The molecule has 0 atom stereocenters. The molecule has 0 spiro atoms. The van der Waals surface area contributed by atoms with E-state index in [1.807, 2.05) is 0 Å². The summed E-state index contributed by atoms with van der Waals surface area (Å²) in [5, 5.41) is 19.7. The van der Waals surface area contributed by atoms with Crippen molar-refractivity contribution in [3.05, 3.63) is 182 Å². The Balaban J connectivity index is 1.19. The fourth-order valence-electron chi connectivity index (χ4n) is 9.36. The summed E-state index contributed by atoms with van der Waals surface area (Å²) in [4.78, 5) is 0. The first-order valence-electron chi connectivity index (χ1n) is 18.3. The molecule has 0 N–H and O–H groups in total. The highest BCUT2D eigenvalue weighted by molar-refractivity contribution is 6.34. The Hall–Kier alpha value is -6.96. The van der Waals surface area contributed by atoms with Gasteiger partial charge in [-0.05, 0) is 110 Å². The highest BCUT2D eigenvalue weighted by Crippen LogP contribution is 2.47. The van der Waals surface area contributed by atoms with Gasteiger partial charge in [-0.1, -0.05) is 164 Å². The first-order valence-corrected chi connectivity index (χ1v) is 18.3. The van der Waals surface area contributed by atoms with Crippen molar-refractivity contribution >= 4 is 97.3 Å². The van der Waals surface area contributed by atoms with Gasteiger partial charge in [-0.3, -0.25) is 0 Å². The molecular weight excluding hydrogens is 641 g/mol. The molecule has 0 unspecified atom stereocenters. The molecule has 0 aliphatic heterocycles. The Kier molecular flexibility index (Phi) is 5.84. The van der Waals surface area contributed by atoms with Crippen LogP contribution in [0.1, 0.15) is 0 Å². The average molecular weight is 671 g/mol. The lowest BCUT2D eigenvalue weighted by molar-refractivity contribution is 0.673. The van der Waals surface area contributed by atoms with Gasteiger partial charge in [0.2, 0.25) is 0 Å². The van der Waals surface area contributed by atoms with Gasteiger partial charge in [-0.25, -0.2) is 0 Å². The van der Waals surface area contributed by atoms with Crippen molar-refractivity contribution in [3.63, 3.8) is 0 Å². The molecule has 1 aromatic heterocycles. The van der Waals surface area contributed by atoms with Crippen molar-refractivity contribution in [1.29, 1.82) is 0 Å². The molecule has 0 bridgehead atoms. The third kappa shape index (κ3) is 3.97. The molecule has 12 rings (SSSR count). The first-order chi connectivity index (χ1) is 26.3. The molecule has 0 fully saturated rings. The van der Waals surface area contributed by atoms with Gasteiger partial charge >= 0.3 is 0 Å². The van der Waals surface area contributed by atoms with Crippen molar-refractivity contribution in [2.24, 2.45) is 0 Å². The highest BCUT2D eigenvalue weighted by Gasteiger charge is 2.20. The summed E-state index contributed by atoms with van der Waals surface area (Å²) < 4.78 is 6.88. The lowest BCUT2D eigenvalue weighted by Gasteiger charge is -2.18. The first kappa shape index (κ1) is 28.7. The fourth-order valence-corrected chi connectivity index (χ4v) is 9.36. The van der Waals surface area contributed by atoms with Crippen LogP contribution in [0.4, 0.5) is 0 Å². The van der Waals surface area contributed by atoms with Crippen LogP contribution < -0.4 is 0 Å². The SMILES string of the molecule is c1ccc(-c2c3ccccc3c(-c3ccc4c(c3)c3ccccc3c3cc5c(cc43)oc3c4ccccc4c4ccccc4c53)c3ccccc23)cc1. The topological polar surface area (TPSA) is 13.1 Å². The Morgan fingerprint density at radius 3 is 1.26 bits per heavy atom. The Morgan fingerprint density at radius 2 is 0.660 bits per heavy atom. The molecule has 0 radical (unpaired) electrons. The summed E-state index contributed by atoms with van der Waals surface area (Å²) in [6.07, 6.45) is 0. The van der Waals surface area contributed by atoms with Crippen molar-refractivity contribution in [3.8, 4) is 22.3 Å². The zero-order valence-electron chi connectivity index (χ0n) is 28.7. The van der Waals surface area contributed by atoms with Crippen molar-refractivity contribution in [2.45, 2.75) is 0 Å². The monoisotopic (exact) mass is 670 g/mol. The molecular formula is C52H30O. The van der Waals surface area contributed by atoms with Gasteiger partial charge < -0.3 is 4.42 Å². The molecule has 53 heavy (non-hydrogen) atoms. The largest absolute Gasteiger partial charge is 0.455 e. The van der Waals surface area contributed by atoms with Crippen LogP contribution in [0.15, 0.2) is 186 Å². The summed E-state index contributed by atoms with van der Waals surface area (Å²) >= 11 is 0. The Morgan fingerprint density at radius 1 is 0.245 bits per heavy atom. The van der Waals surface area contributed by atoms with E-state index in [2.05, 4.69) is 182 Å². The molecule has 12 aromatic rings. The number of fused-ring (bicyclic) bond motifs is 16. The number of rotatable bonds is 2. The molecule has 0 amide bonds. The second-order valence-electron chi connectivity index (χ2n) is 14.3. The number of hydrogen-bond acceptors (Lipinski definition) is 1. The van der Waals surface area contributed by atoms with E-state index in [4.69, 9.17) is 4.42 Å².